The van der Waals surface area contributed by atoms with Crippen LogP contribution in [0, 0.1) is 19.7 Å². The van der Waals surface area contributed by atoms with Gasteiger partial charge in [0.25, 0.3) is 0 Å². The van der Waals surface area contributed by atoms with E-state index in [-0.39, 0.29) is 5.82 Å². The van der Waals surface area contributed by atoms with E-state index in [0.29, 0.717) is 18.9 Å². The number of nitrogens with one attached hydrogen (secondary N) is 1. The average Bonchev–Trinajstić information content (AvgIpc) is 3.02. The van der Waals surface area contributed by atoms with Gasteiger partial charge in [0.2, 0.25) is 0 Å². The topological polar surface area (TPSA) is 54.7 Å². The predicted molar refractivity (Wildman–Crippen MR) is 100 cm³/mol. The highest BCUT2D eigenvalue weighted by Gasteiger charge is 2.19. The minimum atomic E-state index is -0.250. The molecule has 7 heteroatoms. The van der Waals surface area contributed by atoms with Crippen molar-refractivity contribution >= 4 is 17.0 Å². The Morgan fingerprint density at radius 3 is 2.65 bits per heavy atom. The van der Waals surface area contributed by atoms with Gasteiger partial charge in [0.1, 0.15) is 11.6 Å². The maximum absolute atomic E-state index is 14.1. The Morgan fingerprint density at radius 1 is 1.15 bits per heavy atom. The molecule has 4 rings (SSSR count). The molecule has 1 saturated heterocycles. The lowest BCUT2D eigenvalue weighted by molar-refractivity contribution is 0.123. The van der Waals surface area contributed by atoms with Crippen LogP contribution >= 0.6 is 0 Å². The fourth-order valence-corrected chi connectivity index (χ4v) is 3.44. The number of nitrogens with zero attached hydrogens (tertiary/aromatic N) is 4. The lowest BCUT2D eigenvalue weighted by Gasteiger charge is -2.29. The summed E-state index contributed by atoms with van der Waals surface area (Å²) < 4.78 is 21.4. The highest BCUT2D eigenvalue weighted by atomic mass is 19.1. The summed E-state index contributed by atoms with van der Waals surface area (Å²) in [5.41, 5.74) is 5.18. The fourth-order valence-electron chi connectivity index (χ4n) is 3.44. The van der Waals surface area contributed by atoms with Crippen LogP contribution in [0.4, 0.5) is 15.8 Å². The van der Waals surface area contributed by atoms with Crippen LogP contribution in [-0.4, -0.2) is 47.9 Å². The van der Waals surface area contributed by atoms with Gasteiger partial charge in [0.05, 0.1) is 24.6 Å². The standard InChI is InChI=1S/C19H22FN5O/c1-12-8-16(20)17(21-3)10-15(12)14-9-18(24-4-6-26-7-5-24)19-22-13(2)23-25(19)11-14/h8-11,21H,4-7H2,1-3H3. The Bertz CT molecular complexity index is 962. The summed E-state index contributed by atoms with van der Waals surface area (Å²) in [6.07, 6.45) is 1.96. The Kier molecular flexibility index (Phi) is 4.24. The zero-order chi connectivity index (χ0) is 18.3. The van der Waals surface area contributed by atoms with Gasteiger partial charge in [-0.2, -0.15) is 5.10 Å². The van der Waals surface area contributed by atoms with Gasteiger partial charge in [-0.05, 0) is 43.2 Å². The van der Waals surface area contributed by atoms with E-state index in [1.54, 1.807) is 13.1 Å². The highest BCUT2D eigenvalue weighted by molar-refractivity contribution is 5.79. The van der Waals surface area contributed by atoms with Gasteiger partial charge in [-0.3, -0.25) is 0 Å². The highest BCUT2D eigenvalue weighted by Crippen LogP contribution is 2.33. The number of aryl methyl sites for hydroxylation is 2. The molecule has 1 aliphatic heterocycles. The van der Waals surface area contributed by atoms with Crippen LogP contribution < -0.4 is 10.2 Å². The van der Waals surface area contributed by atoms with Crippen molar-refractivity contribution in [3.8, 4) is 11.1 Å². The van der Waals surface area contributed by atoms with E-state index in [0.717, 1.165) is 46.9 Å². The number of pyridine rings is 1. The first-order chi connectivity index (χ1) is 12.6. The first-order valence-corrected chi connectivity index (χ1v) is 8.75. The van der Waals surface area contributed by atoms with E-state index >= 15 is 0 Å². The maximum atomic E-state index is 14.1. The van der Waals surface area contributed by atoms with E-state index in [2.05, 4.69) is 26.4 Å². The molecule has 2 aromatic heterocycles. The van der Waals surface area contributed by atoms with Crippen molar-refractivity contribution in [1.29, 1.82) is 0 Å². The van der Waals surface area contributed by atoms with Gasteiger partial charge in [-0.1, -0.05) is 0 Å². The number of ether oxygens (including phenoxy) is 1. The number of fused-ring (bicyclic) bond motifs is 1. The molecule has 0 radical (unpaired) electrons. The molecule has 0 atom stereocenters. The number of benzene rings is 1. The number of hydrogen-bond acceptors (Lipinski definition) is 5. The second-order valence-electron chi connectivity index (χ2n) is 6.54. The van der Waals surface area contributed by atoms with E-state index < -0.39 is 0 Å². The largest absolute Gasteiger partial charge is 0.386 e. The molecule has 3 heterocycles. The van der Waals surface area contributed by atoms with Crippen molar-refractivity contribution in [2.45, 2.75) is 13.8 Å². The SMILES string of the molecule is CNc1cc(-c2cc(N3CCOCC3)c3nc(C)nn3c2)c(C)cc1F. The third-order valence-electron chi connectivity index (χ3n) is 4.77. The average molecular weight is 355 g/mol. The molecule has 26 heavy (non-hydrogen) atoms. The molecule has 6 nitrogen and oxygen atoms in total. The molecule has 0 saturated carbocycles. The number of morpholine rings is 1. The molecule has 1 aliphatic rings. The minimum Gasteiger partial charge on any atom is -0.386 e. The van der Waals surface area contributed by atoms with Crippen molar-refractivity contribution in [2.75, 3.05) is 43.6 Å². The van der Waals surface area contributed by atoms with E-state index in [1.165, 1.54) is 0 Å². The minimum absolute atomic E-state index is 0.250. The Morgan fingerprint density at radius 2 is 1.92 bits per heavy atom. The van der Waals surface area contributed by atoms with E-state index in [9.17, 15) is 4.39 Å². The van der Waals surface area contributed by atoms with Crippen LogP contribution in [0.1, 0.15) is 11.4 Å². The number of hydrogen-bond donors (Lipinski definition) is 1. The molecule has 1 N–H and O–H groups in total. The first kappa shape index (κ1) is 16.8. The van der Waals surface area contributed by atoms with Crippen molar-refractivity contribution < 1.29 is 9.13 Å². The van der Waals surface area contributed by atoms with Crippen LogP contribution in [0.25, 0.3) is 16.8 Å². The molecule has 1 aromatic carbocycles. The lowest BCUT2D eigenvalue weighted by Crippen LogP contribution is -2.36. The predicted octanol–water partition coefficient (Wildman–Crippen LogP) is 3.03. The molecule has 0 amide bonds. The summed E-state index contributed by atoms with van der Waals surface area (Å²) in [6, 6.07) is 5.53. The molecule has 3 aromatic rings. The number of aromatic nitrogens is 3. The van der Waals surface area contributed by atoms with Crippen molar-refractivity contribution in [3.63, 3.8) is 0 Å². The van der Waals surface area contributed by atoms with Crippen LogP contribution in [0.2, 0.25) is 0 Å². The molecular weight excluding hydrogens is 333 g/mol. The Labute approximate surface area is 151 Å². The molecule has 0 unspecified atom stereocenters. The normalized spacial score (nSPS) is 14.8. The van der Waals surface area contributed by atoms with Gasteiger partial charge in [0.15, 0.2) is 5.65 Å². The molecular formula is C19H22FN5O. The monoisotopic (exact) mass is 355 g/mol. The smallest absolute Gasteiger partial charge is 0.178 e. The van der Waals surface area contributed by atoms with Crippen LogP contribution in [-0.2, 0) is 4.74 Å². The van der Waals surface area contributed by atoms with Crippen LogP contribution in [0.3, 0.4) is 0 Å². The second-order valence-corrected chi connectivity index (χ2v) is 6.54. The zero-order valence-electron chi connectivity index (χ0n) is 15.2. The third kappa shape index (κ3) is 2.88. The van der Waals surface area contributed by atoms with Crippen molar-refractivity contribution in [1.82, 2.24) is 14.6 Å². The molecule has 0 bridgehead atoms. The summed E-state index contributed by atoms with van der Waals surface area (Å²) in [6.45, 7) is 6.83. The number of rotatable bonds is 3. The van der Waals surface area contributed by atoms with E-state index in [1.807, 2.05) is 30.6 Å². The molecule has 0 spiro atoms. The van der Waals surface area contributed by atoms with Crippen molar-refractivity contribution in [2.24, 2.45) is 0 Å². The van der Waals surface area contributed by atoms with Crippen molar-refractivity contribution in [3.05, 3.63) is 41.6 Å². The quantitative estimate of drug-likeness (QED) is 0.783. The van der Waals surface area contributed by atoms with Crippen LogP contribution in [0.15, 0.2) is 24.4 Å². The Hall–Kier alpha value is -2.67. The van der Waals surface area contributed by atoms with Gasteiger partial charge < -0.3 is 15.0 Å². The van der Waals surface area contributed by atoms with E-state index in [4.69, 9.17) is 4.74 Å². The van der Waals surface area contributed by atoms with Gasteiger partial charge in [0, 0.05) is 31.9 Å². The second kappa shape index (κ2) is 6.57. The summed E-state index contributed by atoms with van der Waals surface area (Å²) in [7, 11) is 1.72. The summed E-state index contributed by atoms with van der Waals surface area (Å²) >= 11 is 0. The Balaban J connectivity index is 1.91. The zero-order valence-corrected chi connectivity index (χ0v) is 15.2. The van der Waals surface area contributed by atoms with Gasteiger partial charge >= 0.3 is 0 Å². The maximum Gasteiger partial charge on any atom is 0.178 e. The van der Waals surface area contributed by atoms with Gasteiger partial charge in [-0.25, -0.2) is 13.9 Å². The number of anilines is 2. The fraction of sp³-hybridized carbons (Fsp3) is 0.368. The third-order valence-corrected chi connectivity index (χ3v) is 4.77. The number of halogens is 1. The first-order valence-electron chi connectivity index (χ1n) is 8.75. The van der Waals surface area contributed by atoms with Gasteiger partial charge in [-0.15, -0.1) is 0 Å². The molecule has 1 fully saturated rings. The summed E-state index contributed by atoms with van der Waals surface area (Å²) in [5, 5.41) is 7.42. The summed E-state index contributed by atoms with van der Waals surface area (Å²) in [4.78, 5) is 6.86. The summed E-state index contributed by atoms with van der Waals surface area (Å²) in [5.74, 6) is 0.475. The van der Waals surface area contributed by atoms with Crippen LogP contribution in [0.5, 0.6) is 0 Å². The lowest BCUT2D eigenvalue weighted by atomic mass is 10.0. The molecule has 0 aliphatic carbocycles. The molecule has 136 valence electrons.